The number of hydrogen-bond donors (Lipinski definition) is 2. The Morgan fingerprint density at radius 2 is 2.14 bits per heavy atom. The molecule has 2 aromatic heterocycles. The summed E-state index contributed by atoms with van der Waals surface area (Å²) < 4.78 is 5.65. The summed E-state index contributed by atoms with van der Waals surface area (Å²) in [6, 6.07) is 14.2. The van der Waals surface area contributed by atoms with E-state index in [1.807, 2.05) is 35.2 Å². The smallest absolute Gasteiger partial charge is 0.317 e. The first-order chi connectivity index (χ1) is 13.8. The van der Waals surface area contributed by atoms with Gasteiger partial charge in [-0.3, -0.25) is 5.10 Å². The highest BCUT2D eigenvalue weighted by Crippen LogP contribution is 2.28. The first-order valence-corrected chi connectivity index (χ1v) is 9.92. The maximum absolute atomic E-state index is 12.7. The van der Waals surface area contributed by atoms with Crippen LogP contribution in [0.5, 0.6) is 0 Å². The van der Waals surface area contributed by atoms with Gasteiger partial charge in [0.15, 0.2) is 0 Å². The van der Waals surface area contributed by atoms with Crippen LogP contribution in [0.25, 0.3) is 0 Å². The molecule has 6 nitrogen and oxygen atoms in total. The Kier molecular flexibility index (Phi) is 5.46. The number of furan rings is 1. The topological polar surface area (TPSA) is 74.2 Å². The Bertz CT molecular complexity index is 889. The van der Waals surface area contributed by atoms with Gasteiger partial charge in [0.2, 0.25) is 0 Å². The van der Waals surface area contributed by atoms with Gasteiger partial charge in [-0.15, -0.1) is 0 Å². The van der Waals surface area contributed by atoms with Crippen molar-refractivity contribution < 1.29 is 9.21 Å². The summed E-state index contributed by atoms with van der Waals surface area (Å²) in [5.74, 6) is 1.05. The van der Waals surface area contributed by atoms with Gasteiger partial charge in [0, 0.05) is 36.7 Å². The largest absolute Gasteiger partial charge is 0.469 e. The molecule has 0 saturated heterocycles. The van der Waals surface area contributed by atoms with Gasteiger partial charge in [0.05, 0.1) is 18.5 Å². The minimum atomic E-state index is -0.0137. The number of rotatable bonds is 6. The van der Waals surface area contributed by atoms with Crippen LogP contribution in [0.4, 0.5) is 4.79 Å². The van der Waals surface area contributed by atoms with Crippen LogP contribution in [0.2, 0.25) is 0 Å². The molecule has 0 spiro atoms. The van der Waals surface area contributed by atoms with E-state index in [2.05, 4.69) is 34.6 Å². The van der Waals surface area contributed by atoms with Crippen molar-refractivity contribution in [2.24, 2.45) is 0 Å². The van der Waals surface area contributed by atoms with Crippen molar-refractivity contribution in [1.29, 1.82) is 0 Å². The predicted molar refractivity (Wildman–Crippen MR) is 107 cm³/mol. The second kappa shape index (κ2) is 8.33. The number of nitrogens with zero attached hydrogens (tertiary/aromatic N) is 2. The van der Waals surface area contributed by atoms with E-state index in [1.54, 1.807) is 6.26 Å². The number of amides is 2. The lowest BCUT2D eigenvalue weighted by molar-refractivity contribution is 0.191. The van der Waals surface area contributed by atoms with Gasteiger partial charge >= 0.3 is 6.03 Å². The third-order valence-corrected chi connectivity index (χ3v) is 5.44. The van der Waals surface area contributed by atoms with Gasteiger partial charge in [-0.05, 0) is 30.5 Å². The molecule has 0 bridgehead atoms. The molecule has 2 N–H and O–H groups in total. The minimum Gasteiger partial charge on any atom is -0.469 e. The first-order valence-electron chi connectivity index (χ1n) is 9.92. The van der Waals surface area contributed by atoms with Gasteiger partial charge in [-0.2, -0.15) is 5.10 Å². The zero-order valence-corrected chi connectivity index (χ0v) is 16.1. The lowest BCUT2D eigenvalue weighted by atomic mass is 9.93. The summed E-state index contributed by atoms with van der Waals surface area (Å²) in [7, 11) is 0. The summed E-state index contributed by atoms with van der Waals surface area (Å²) in [4.78, 5) is 14.6. The fraction of sp³-hybridized carbons (Fsp3) is 0.364. The van der Waals surface area contributed by atoms with E-state index in [0.29, 0.717) is 19.6 Å². The van der Waals surface area contributed by atoms with Gasteiger partial charge in [0.1, 0.15) is 5.76 Å². The Hall–Kier alpha value is -3.02. The number of fused-ring (bicyclic) bond motifs is 1. The zero-order valence-electron chi connectivity index (χ0n) is 16.1. The highest BCUT2D eigenvalue weighted by molar-refractivity contribution is 5.74. The Balaban J connectivity index is 1.37. The number of aromatic amines is 1. The summed E-state index contributed by atoms with van der Waals surface area (Å²) in [5, 5.41) is 10.6. The molecule has 3 aromatic rings. The second-order valence-corrected chi connectivity index (χ2v) is 7.15. The molecule has 146 valence electrons. The van der Waals surface area contributed by atoms with Crippen LogP contribution < -0.4 is 5.32 Å². The van der Waals surface area contributed by atoms with Crippen molar-refractivity contribution in [2.75, 3.05) is 13.1 Å². The van der Waals surface area contributed by atoms with Crippen LogP contribution >= 0.6 is 0 Å². The van der Waals surface area contributed by atoms with Gasteiger partial charge in [0.25, 0.3) is 0 Å². The molecular formula is C22H26N4O2. The van der Waals surface area contributed by atoms with Gasteiger partial charge in [-0.1, -0.05) is 37.3 Å². The molecule has 4 rings (SSSR count). The fourth-order valence-corrected chi connectivity index (χ4v) is 3.90. The second-order valence-electron chi connectivity index (χ2n) is 7.15. The summed E-state index contributed by atoms with van der Waals surface area (Å²) in [6.45, 7) is 4.02. The van der Waals surface area contributed by atoms with Crippen molar-refractivity contribution >= 4 is 6.03 Å². The van der Waals surface area contributed by atoms with Crippen LogP contribution in [0.3, 0.4) is 0 Å². The minimum absolute atomic E-state index is 0.0137. The van der Waals surface area contributed by atoms with E-state index in [-0.39, 0.29) is 11.9 Å². The van der Waals surface area contributed by atoms with Crippen molar-refractivity contribution in [1.82, 2.24) is 20.4 Å². The van der Waals surface area contributed by atoms with Crippen LogP contribution in [0.15, 0.2) is 53.1 Å². The number of nitrogens with one attached hydrogen (secondary N) is 2. The number of carbonyl (C=O) groups is 1. The molecule has 1 aliphatic rings. The van der Waals surface area contributed by atoms with Crippen molar-refractivity contribution in [3.63, 3.8) is 0 Å². The molecule has 0 saturated carbocycles. The Morgan fingerprint density at radius 3 is 2.89 bits per heavy atom. The molecule has 2 amide bonds. The van der Waals surface area contributed by atoms with Crippen LogP contribution in [-0.4, -0.2) is 34.2 Å². The molecule has 28 heavy (non-hydrogen) atoms. The number of H-pyrrole nitrogens is 1. The van der Waals surface area contributed by atoms with Gasteiger partial charge < -0.3 is 14.6 Å². The zero-order chi connectivity index (χ0) is 19.3. The van der Waals surface area contributed by atoms with Crippen LogP contribution in [-0.2, 0) is 19.4 Å². The fourth-order valence-electron chi connectivity index (χ4n) is 3.90. The maximum Gasteiger partial charge on any atom is 0.317 e. The summed E-state index contributed by atoms with van der Waals surface area (Å²) >= 11 is 0. The lowest BCUT2D eigenvalue weighted by Crippen LogP contribution is -2.43. The summed E-state index contributed by atoms with van der Waals surface area (Å²) in [5.41, 5.74) is 4.61. The maximum atomic E-state index is 12.7. The number of hydrogen-bond acceptors (Lipinski definition) is 3. The predicted octanol–water partition coefficient (Wildman–Crippen LogP) is 3.86. The summed E-state index contributed by atoms with van der Waals surface area (Å²) in [6.07, 6.45) is 4.19. The van der Waals surface area contributed by atoms with E-state index in [1.165, 1.54) is 16.8 Å². The van der Waals surface area contributed by atoms with Crippen LogP contribution in [0.1, 0.15) is 47.5 Å². The van der Waals surface area contributed by atoms with E-state index in [4.69, 9.17) is 4.42 Å². The van der Waals surface area contributed by atoms with Crippen molar-refractivity contribution in [2.45, 2.75) is 38.6 Å². The number of aromatic nitrogens is 2. The quantitative estimate of drug-likeness (QED) is 0.684. The molecule has 6 heteroatoms. The molecule has 3 heterocycles. The molecule has 0 unspecified atom stereocenters. The number of carbonyl (C=O) groups excluding carboxylic acids is 1. The van der Waals surface area contributed by atoms with Crippen molar-refractivity contribution in [3.8, 4) is 0 Å². The third kappa shape index (κ3) is 3.81. The highest BCUT2D eigenvalue weighted by atomic mass is 16.3. The first kappa shape index (κ1) is 18.3. The average Bonchev–Trinajstić information content (AvgIpc) is 3.41. The molecular weight excluding hydrogens is 352 g/mol. The third-order valence-electron chi connectivity index (χ3n) is 5.44. The van der Waals surface area contributed by atoms with E-state index < -0.39 is 0 Å². The number of urea groups is 1. The van der Waals surface area contributed by atoms with Crippen molar-refractivity contribution in [3.05, 3.63) is 77.0 Å². The highest BCUT2D eigenvalue weighted by Gasteiger charge is 2.25. The lowest BCUT2D eigenvalue weighted by Gasteiger charge is -2.27. The molecule has 0 radical (unpaired) electrons. The number of aryl methyl sites for hydroxylation is 1. The van der Waals surface area contributed by atoms with Gasteiger partial charge in [-0.25, -0.2) is 4.79 Å². The standard InChI is InChI=1S/C22H26N4O2/c1-2-19-18-15-26(13-11-20(18)25-24-19)22(27)23-12-10-17(21-9-6-14-28-21)16-7-4-3-5-8-16/h3-9,14,17H,2,10-13,15H2,1H3,(H,23,27)(H,24,25)/t17-/m0/s1. The van der Waals surface area contributed by atoms with E-state index in [9.17, 15) is 4.79 Å². The molecule has 0 aliphatic carbocycles. The SMILES string of the molecule is CCc1n[nH]c2c1CN(C(=O)NCC[C@@H](c1ccccc1)c1ccco1)CC2. The molecule has 1 aromatic carbocycles. The Morgan fingerprint density at radius 1 is 1.29 bits per heavy atom. The molecule has 1 aliphatic heterocycles. The van der Waals surface area contributed by atoms with E-state index in [0.717, 1.165) is 30.7 Å². The number of benzene rings is 1. The molecule has 0 fully saturated rings. The average molecular weight is 378 g/mol. The van der Waals surface area contributed by atoms with E-state index >= 15 is 0 Å². The Labute approximate surface area is 164 Å². The van der Waals surface area contributed by atoms with Crippen LogP contribution in [0, 0.1) is 0 Å². The molecule has 1 atom stereocenters. The normalized spacial score (nSPS) is 14.5. The monoisotopic (exact) mass is 378 g/mol.